The molecule has 15 heavy (non-hydrogen) atoms. The Bertz CT molecular complexity index is 376. The Morgan fingerprint density at radius 1 is 1.47 bits per heavy atom. The van der Waals surface area contributed by atoms with E-state index >= 15 is 0 Å². The molecule has 2 fully saturated rings. The number of rotatable bonds is 2. The fourth-order valence-electron chi connectivity index (χ4n) is 3.82. The van der Waals surface area contributed by atoms with Crippen molar-refractivity contribution >= 4 is 10.1 Å². The van der Waals surface area contributed by atoms with Crippen LogP contribution in [0.4, 0.5) is 0 Å². The van der Waals surface area contributed by atoms with Crippen LogP contribution in [0.5, 0.6) is 0 Å². The van der Waals surface area contributed by atoms with Crippen molar-refractivity contribution in [1.29, 1.82) is 0 Å². The molecule has 0 heterocycles. The molecule has 0 aromatic carbocycles. The van der Waals surface area contributed by atoms with Gasteiger partial charge in [0, 0.05) is 11.5 Å². The van der Waals surface area contributed by atoms with Crippen LogP contribution in [0.25, 0.3) is 0 Å². The molecule has 3 atom stereocenters. The lowest BCUT2D eigenvalue weighted by Gasteiger charge is -2.40. The van der Waals surface area contributed by atoms with Gasteiger partial charge in [0.1, 0.15) is 0 Å². The zero-order valence-corrected chi connectivity index (χ0v) is 10.0. The van der Waals surface area contributed by atoms with Crippen LogP contribution in [-0.4, -0.2) is 24.8 Å². The van der Waals surface area contributed by atoms with Gasteiger partial charge in [-0.3, -0.25) is 4.55 Å². The predicted molar refractivity (Wildman–Crippen MR) is 57.9 cm³/mol. The zero-order chi connectivity index (χ0) is 11.5. The second kappa shape index (κ2) is 2.96. The predicted octanol–water partition coefficient (Wildman–Crippen LogP) is 1.03. The van der Waals surface area contributed by atoms with Crippen molar-refractivity contribution in [2.24, 2.45) is 22.5 Å². The first-order chi connectivity index (χ1) is 6.69. The maximum absolute atomic E-state index is 11.1. The third kappa shape index (κ3) is 1.44. The molecule has 4 nitrogen and oxygen atoms in total. The second-order valence-electron chi connectivity index (χ2n) is 5.68. The van der Waals surface area contributed by atoms with Gasteiger partial charge in [-0.25, -0.2) is 0 Å². The van der Waals surface area contributed by atoms with E-state index in [0.717, 1.165) is 19.3 Å². The fourth-order valence-corrected chi connectivity index (χ4v) is 5.20. The van der Waals surface area contributed by atoms with Crippen LogP contribution >= 0.6 is 0 Å². The summed E-state index contributed by atoms with van der Waals surface area (Å²) in [5.74, 6) is 0.333. The lowest BCUT2D eigenvalue weighted by Crippen LogP contribution is -2.48. The summed E-state index contributed by atoms with van der Waals surface area (Å²) in [5.41, 5.74) is 5.58. The molecule has 2 saturated carbocycles. The second-order valence-corrected chi connectivity index (χ2v) is 7.13. The van der Waals surface area contributed by atoms with Crippen molar-refractivity contribution in [2.75, 3.05) is 5.75 Å². The molecule has 2 rings (SSSR count). The minimum absolute atomic E-state index is 0.0672. The molecule has 3 N–H and O–H groups in total. The minimum atomic E-state index is -3.94. The Morgan fingerprint density at radius 3 is 2.40 bits per heavy atom. The van der Waals surface area contributed by atoms with E-state index < -0.39 is 15.5 Å². The van der Waals surface area contributed by atoms with Gasteiger partial charge in [0.2, 0.25) is 0 Å². The lowest BCUT2D eigenvalue weighted by atomic mass is 9.69. The molecule has 0 aromatic rings. The summed E-state index contributed by atoms with van der Waals surface area (Å²) in [6.07, 6.45) is 2.75. The summed E-state index contributed by atoms with van der Waals surface area (Å²) >= 11 is 0. The van der Waals surface area contributed by atoms with Crippen LogP contribution in [-0.2, 0) is 10.1 Å². The molecular weight excluding hydrogens is 214 g/mol. The van der Waals surface area contributed by atoms with E-state index in [2.05, 4.69) is 13.8 Å². The Balaban J connectivity index is 2.40. The average molecular weight is 233 g/mol. The molecule has 0 amide bonds. The first kappa shape index (κ1) is 11.4. The normalized spacial score (nSPS) is 43.5. The molecule has 2 aliphatic carbocycles. The van der Waals surface area contributed by atoms with Crippen molar-refractivity contribution in [3.05, 3.63) is 0 Å². The monoisotopic (exact) mass is 233 g/mol. The standard InChI is InChI=1S/C10H19NO3S/c1-9(2)7-3-4-10(9,8(11)5-7)6-15(12,13)14/h7-8H,3-6,11H2,1-2H3,(H,12,13,14)/t7?,8?,10-/m1/s1. The van der Waals surface area contributed by atoms with E-state index in [4.69, 9.17) is 10.3 Å². The quantitative estimate of drug-likeness (QED) is 0.698. The number of hydrogen-bond acceptors (Lipinski definition) is 3. The Hall–Kier alpha value is -0.130. The minimum Gasteiger partial charge on any atom is -0.327 e. The molecule has 2 bridgehead atoms. The summed E-state index contributed by atoms with van der Waals surface area (Å²) in [4.78, 5) is 0. The van der Waals surface area contributed by atoms with E-state index in [1.54, 1.807) is 0 Å². The van der Waals surface area contributed by atoms with Gasteiger partial charge in [-0.2, -0.15) is 8.42 Å². The van der Waals surface area contributed by atoms with Gasteiger partial charge in [0.05, 0.1) is 5.75 Å². The molecule has 5 heteroatoms. The van der Waals surface area contributed by atoms with Crippen LogP contribution in [0.15, 0.2) is 0 Å². The highest BCUT2D eigenvalue weighted by Gasteiger charge is 2.64. The van der Waals surface area contributed by atoms with E-state index in [-0.39, 0.29) is 17.2 Å². The van der Waals surface area contributed by atoms with Gasteiger partial charge < -0.3 is 5.73 Å². The third-order valence-electron chi connectivity index (χ3n) is 4.93. The third-order valence-corrected chi connectivity index (χ3v) is 5.81. The van der Waals surface area contributed by atoms with Gasteiger partial charge >= 0.3 is 0 Å². The van der Waals surface area contributed by atoms with Crippen molar-refractivity contribution in [2.45, 2.75) is 39.2 Å². The fraction of sp³-hybridized carbons (Fsp3) is 1.00. The summed E-state index contributed by atoms with van der Waals surface area (Å²) in [6.45, 7) is 4.17. The lowest BCUT2D eigenvalue weighted by molar-refractivity contribution is 0.137. The number of nitrogens with two attached hydrogens (primary N) is 1. The smallest absolute Gasteiger partial charge is 0.265 e. The van der Waals surface area contributed by atoms with Gasteiger partial charge in [0.15, 0.2) is 0 Å². The van der Waals surface area contributed by atoms with Crippen molar-refractivity contribution in [3.8, 4) is 0 Å². The van der Waals surface area contributed by atoms with Crippen molar-refractivity contribution in [3.63, 3.8) is 0 Å². The SMILES string of the molecule is CC1(C)C2CC[C@@]1(CS(=O)(=O)O)C(N)C2. The highest BCUT2D eigenvalue weighted by Crippen LogP contribution is 2.65. The number of fused-ring (bicyclic) bond motifs is 2. The molecule has 0 aliphatic heterocycles. The van der Waals surface area contributed by atoms with Crippen LogP contribution in [0.1, 0.15) is 33.1 Å². The summed E-state index contributed by atoms with van der Waals surface area (Å²) in [6, 6.07) is -0.0897. The summed E-state index contributed by atoms with van der Waals surface area (Å²) < 4.78 is 31.3. The molecule has 88 valence electrons. The Labute approximate surface area is 91.0 Å². The topological polar surface area (TPSA) is 80.4 Å². The largest absolute Gasteiger partial charge is 0.327 e. The zero-order valence-electron chi connectivity index (χ0n) is 9.23. The van der Waals surface area contributed by atoms with Gasteiger partial charge in [-0.15, -0.1) is 0 Å². The van der Waals surface area contributed by atoms with Gasteiger partial charge in [-0.1, -0.05) is 13.8 Å². The first-order valence-corrected chi connectivity index (χ1v) is 7.01. The molecule has 0 aromatic heterocycles. The Kier molecular flexibility index (Phi) is 2.24. The van der Waals surface area contributed by atoms with E-state index in [0.29, 0.717) is 5.92 Å². The molecule has 0 saturated heterocycles. The summed E-state index contributed by atoms with van der Waals surface area (Å²) in [7, 11) is -3.94. The van der Waals surface area contributed by atoms with Crippen molar-refractivity contribution in [1.82, 2.24) is 0 Å². The van der Waals surface area contributed by atoms with E-state index in [1.807, 2.05) is 0 Å². The molecule has 2 unspecified atom stereocenters. The first-order valence-electron chi connectivity index (χ1n) is 5.40. The number of hydrogen-bond donors (Lipinski definition) is 2. The maximum atomic E-state index is 11.1. The maximum Gasteiger partial charge on any atom is 0.265 e. The van der Waals surface area contributed by atoms with E-state index in [1.165, 1.54) is 0 Å². The highest BCUT2D eigenvalue weighted by atomic mass is 32.2. The Morgan fingerprint density at radius 2 is 2.07 bits per heavy atom. The molecule has 2 aliphatic rings. The summed E-state index contributed by atoms with van der Waals surface area (Å²) in [5, 5.41) is 0. The van der Waals surface area contributed by atoms with Crippen molar-refractivity contribution < 1.29 is 13.0 Å². The van der Waals surface area contributed by atoms with Crippen LogP contribution < -0.4 is 5.73 Å². The average Bonchev–Trinajstić information content (AvgIpc) is 2.34. The van der Waals surface area contributed by atoms with E-state index in [9.17, 15) is 8.42 Å². The highest BCUT2D eigenvalue weighted by molar-refractivity contribution is 7.85. The molecular formula is C10H19NO3S. The van der Waals surface area contributed by atoms with Gasteiger partial charge in [0.25, 0.3) is 10.1 Å². The molecule has 0 radical (unpaired) electrons. The van der Waals surface area contributed by atoms with Crippen LogP contribution in [0.2, 0.25) is 0 Å². The van der Waals surface area contributed by atoms with Crippen LogP contribution in [0.3, 0.4) is 0 Å². The molecule has 0 spiro atoms. The van der Waals surface area contributed by atoms with Crippen LogP contribution in [0, 0.1) is 16.7 Å². The van der Waals surface area contributed by atoms with Gasteiger partial charge in [-0.05, 0) is 30.6 Å².